The molecule has 0 saturated carbocycles. The average Bonchev–Trinajstić information content (AvgIpc) is 2.73. The van der Waals surface area contributed by atoms with Crippen molar-refractivity contribution >= 4 is 17.3 Å². The van der Waals surface area contributed by atoms with Gasteiger partial charge >= 0.3 is 6.36 Å². The highest BCUT2D eigenvalue weighted by Gasteiger charge is 2.31. The van der Waals surface area contributed by atoms with Crippen LogP contribution in [0.4, 0.5) is 18.9 Å². The summed E-state index contributed by atoms with van der Waals surface area (Å²) in [5.74, 6) is -0.361. The Morgan fingerprint density at radius 2 is 1.85 bits per heavy atom. The van der Waals surface area contributed by atoms with Crippen LogP contribution in [0.25, 0.3) is 0 Å². The molecule has 9 heteroatoms. The van der Waals surface area contributed by atoms with Gasteiger partial charge < -0.3 is 20.3 Å². The molecule has 1 saturated heterocycles. The number of ether oxygens (including phenoxy) is 1. The van der Waals surface area contributed by atoms with Crippen LogP contribution in [-0.4, -0.2) is 48.1 Å². The summed E-state index contributed by atoms with van der Waals surface area (Å²) in [7, 11) is 0. The normalized spacial score (nSPS) is 23.8. The molecule has 0 radical (unpaired) electrons. The Balaban J connectivity index is 1.78. The molecule has 33 heavy (non-hydrogen) atoms. The highest BCUT2D eigenvalue weighted by Crippen LogP contribution is 2.26. The lowest BCUT2D eigenvalue weighted by molar-refractivity contribution is -0.274. The van der Waals surface area contributed by atoms with E-state index in [0.717, 1.165) is 5.57 Å². The van der Waals surface area contributed by atoms with E-state index in [2.05, 4.69) is 26.9 Å². The Hall–Kier alpha value is -3.33. The van der Waals surface area contributed by atoms with Crippen LogP contribution in [-0.2, 0) is 4.79 Å². The molecule has 1 aliphatic carbocycles. The largest absolute Gasteiger partial charge is 0.573 e. The SMILES string of the molecule is C=C/N=C1/C=C(C(=O)N2CC(C)NC(C)C2)C=C/C1=C(/C)Nc1ccc(OC(F)(F)F)cc1. The standard InChI is InChI=1S/C24H27F3N4O2/c1-5-28-22-12-18(23(32)31-13-15(2)29-16(3)14-31)6-11-21(22)17(4)30-19-7-9-20(10-8-19)33-24(25,26)27/h5-12,15-16,29-30H,1,13-14H2,2-4H3/b21-17+,28-22-. The third kappa shape index (κ3) is 6.58. The average molecular weight is 461 g/mol. The van der Waals surface area contributed by atoms with Crippen LogP contribution < -0.4 is 15.4 Å². The van der Waals surface area contributed by atoms with Crippen molar-refractivity contribution in [2.45, 2.75) is 39.2 Å². The van der Waals surface area contributed by atoms with E-state index in [1.807, 2.05) is 25.7 Å². The molecule has 0 aromatic heterocycles. The Kier molecular flexibility index (Phi) is 7.43. The number of carbonyl (C=O) groups is 1. The topological polar surface area (TPSA) is 66.0 Å². The highest BCUT2D eigenvalue weighted by atomic mass is 19.4. The number of hydrogen-bond donors (Lipinski definition) is 2. The Morgan fingerprint density at radius 3 is 2.42 bits per heavy atom. The highest BCUT2D eigenvalue weighted by molar-refractivity contribution is 6.17. The van der Waals surface area contributed by atoms with Gasteiger partial charge in [0.2, 0.25) is 0 Å². The van der Waals surface area contributed by atoms with Crippen LogP contribution in [0.1, 0.15) is 20.8 Å². The molecule has 1 aliphatic heterocycles. The van der Waals surface area contributed by atoms with Gasteiger partial charge in [-0.05, 0) is 57.2 Å². The van der Waals surface area contributed by atoms with Crippen molar-refractivity contribution in [3.63, 3.8) is 0 Å². The summed E-state index contributed by atoms with van der Waals surface area (Å²) in [6.07, 6.45) is 1.94. The van der Waals surface area contributed by atoms with Gasteiger partial charge in [0.05, 0.1) is 5.71 Å². The number of nitrogens with one attached hydrogen (secondary N) is 2. The van der Waals surface area contributed by atoms with Crippen LogP contribution in [0.5, 0.6) is 5.75 Å². The van der Waals surface area contributed by atoms with Crippen molar-refractivity contribution in [2.75, 3.05) is 18.4 Å². The molecule has 1 amide bonds. The second-order valence-corrected chi connectivity index (χ2v) is 8.04. The number of nitrogens with zero attached hydrogens (tertiary/aromatic N) is 2. The Bertz CT molecular complexity index is 1010. The maximum Gasteiger partial charge on any atom is 0.573 e. The fourth-order valence-electron chi connectivity index (χ4n) is 3.89. The van der Waals surface area contributed by atoms with E-state index < -0.39 is 6.36 Å². The molecule has 1 aromatic carbocycles. The molecule has 1 aromatic rings. The Labute approximate surface area is 191 Å². The molecule has 1 fully saturated rings. The van der Waals surface area contributed by atoms with Gasteiger partial charge in [0, 0.05) is 53.9 Å². The first-order chi connectivity index (χ1) is 15.6. The summed E-state index contributed by atoms with van der Waals surface area (Å²) in [5.41, 5.74) is 3.12. The fourth-order valence-corrected chi connectivity index (χ4v) is 3.89. The summed E-state index contributed by atoms with van der Waals surface area (Å²) >= 11 is 0. The number of benzene rings is 1. The maximum absolute atomic E-state index is 13.1. The predicted molar refractivity (Wildman–Crippen MR) is 123 cm³/mol. The number of aliphatic imine (C=N–C) groups is 1. The molecule has 176 valence electrons. The minimum Gasteiger partial charge on any atom is -0.406 e. The smallest absolute Gasteiger partial charge is 0.406 e. The lowest BCUT2D eigenvalue weighted by Gasteiger charge is -2.36. The minimum absolute atomic E-state index is 0.0619. The molecule has 2 N–H and O–H groups in total. The number of anilines is 1. The summed E-state index contributed by atoms with van der Waals surface area (Å²) in [6, 6.07) is 5.85. The zero-order chi connectivity index (χ0) is 24.2. The molecule has 0 bridgehead atoms. The summed E-state index contributed by atoms with van der Waals surface area (Å²) < 4.78 is 40.9. The van der Waals surface area contributed by atoms with E-state index in [4.69, 9.17) is 0 Å². The van der Waals surface area contributed by atoms with Crippen molar-refractivity contribution in [2.24, 2.45) is 4.99 Å². The van der Waals surface area contributed by atoms with Crippen molar-refractivity contribution in [3.8, 4) is 5.75 Å². The summed E-state index contributed by atoms with van der Waals surface area (Å²) in [6.45, 7) is 10.8. The van der Waals surface area contributed by atoms with Gasteiger partial charge in [-0.3, -0.25) is 9.79 Å². The van der Waals surface area contributed by atoms with E-state index in [9.17, 15) is 18.0 Å². The molecule has 1 heterocycles. The maximum atomic E-state index is 13.1. The van der Waals surface area contributed by atoms with Crippen LogP contribution >= 0.6 is 0 Å². The van der Waals surface area contributed by atoms with Crippen molar-refractivity contribution in [3.05, 3.63) is 72.1 Å². The van der Waals surface area contributed by atoms with Crippen molar-refractivity contribution in [1.82, 2.24) is 10.2 Å². The molecule has 2 unspecified atom stereocenters. The van der Waals surface area contributed by atoms with E-state index >= 15 is 0 Å². The fraction of sp³-hybridized carbons (Fsp3) is 0.333. The number of piperazine rings is 1. The number of halogens is 3. The van der Waals surface area contributed by atoms with Crippen molar-refractivity contribution < 1.29 is 22.7 Å². The van der Waals surface area contributed by atoms with Gasteiger partial charge in [0.25, 0.3) is 5.91 Å². The number of carbonyl (C=O) groups excluding carboxylic acids is 1. The number of hydrogen-bond acceptors (Lipinski definition) is 5. The molecule has 0 spiro atoms. The number of allylic oxidation sites excluding steroid dienone is 4. The first-order valence-corrected chi connectivity index (χ1v) is 10.5. The van der Waals surface area contributed by atoms with Gasteiger partial charge in [0.1, 0.15) is 5.75 Å². The van der Waals surface area contributed by atoms with E-state index in [1.54, 1.807) is 18.2 Å². The second kappa shape index (κ2) is 10.1. The van der Waals surface area contributed by atoms with Crippen LogP contribution in [0, 0.1) is 0 Å². The number of amides is 1. The molecule has 3 rings (SSSR count). The third-order valence-corrected chi connectivity index (χ3v) is 5.14. The monoisotopic (exact) mass is 460 g/mol. The first-order valence-electron chi connectivity index (χ1n) is 10.5. The number of alkyl halides is 3. The Morgan fingerprint density at radius 1 is 1.21 bits per heavy atom. The van der Waals surface area contributed by atoms with Gasteiger partial charge in [0.15, 0.2) is 0 Å². The molecule has 2 aliphatic rings. The molecular weight excluding hydrogens is 433 g/mol. The predicted octanol–water partition coefficient (Wildman–Crippen LogP) is 4.56. The third-order valence-electron chi connectivity index (χ3n) is 5.14. The van der Waals surface area contributed by atoms with E-state index in [1.165, 1.54) is 30.5 Å². The van der Waals surface area contributed by atoms with Gasteiger partial charge in [-0.15, -0.1) is 13.2 Å². The van der Waals surface area contributed by atoms with Gasteiger partial charge in [-0.2, -0.15) is 0 Å². The van der Waals surface area contributed by atoms with Crippen molar-refractivity contribution in [1.29, 1.82) is 0 Å². The summed E-state index contributed by atoms with van der Waals surface area (Å²) in [4.78, 5) is 19.2. The van der Waals surface area contributed by atoms with Crippen LogP contribution in [0.2, 0.25) is 0 Å². The molecule has 2 atom stereocenters. The zero-order valence-corrected chi connectivity index (χ0v) is 18.7. The van der Waals surface area contributed by atoms with E-state index in [0.29, 0.717) is 35.8 Å². The lowest BCUT2D eigenvalue weighted by Crippen LogP contribution is -2.56. The number of rotatable bonds is 5. The lowest BCUT2D eigenvalue weighted by atomic mass is 9.97. The molecule has 6 nitrogen and oxygen atoms in total. The minimum atomic E-state index is -4.74. The van der Waals surface area contributed by atoms with Crippen LogP contribution in [0.15, 0.2) is 77.1 Å². The summed E-state index contributed by atoms with van der Waals surface area (Å²) in [5, 5.41) is 6.56. The molecular formula is C24H27F3N4O2. The van der Waals surface area contributed by atoms with Crippen LogP contribution in [0.3, 0.4) is 0 Å². The first kappa shape index (κ1) is 24.3. The van der Waals surface area contributed by atoms with Gasteiger partial charge in [-0.25, -0.2) is 0 Å². The quantitative estimate of drug-likeness (QED) is 0.676. The van der Waals surface area contributed by atoms with Gasteiger partial charge in [-0.1, -0.05) is 12.7 Å². The van der Waals surface area contributed by atoms with E-state index in [-0.39, 0.29) is 23.7 Å². The second-order valence-electron chi connectivity index (χ2n) is 8.04. The zero-order valence-electron chi connectivity index (χ0n) is 18.7.